The molecule has 0 atom stereocenters. The molecule has 1 aromatic carbocycles. The predicted octanol–water partition coefficient (Wildman–Crippen LogP) is 1.97. The molecule has 1 heterocycles. The van der Waals surface area contributed by atoms with Crippen LogP contribution >= 0.6 is 0 Å². The van der Waals surface area contributed by atoms with Crippen molar-refractivity contribution in [2.75, 3.05) is 24.3 Å². The first-order chi connectivity index (χ1) is 10.5. The van der Waals surface area contributed by atoms with E-state index in [2.05, 4.69) is 10.4 Å². The van der Waals surface area contributed by atoms with Crippen LogP contribution in [0.4, 0.5) is 11.4 Å². The Bertz CT molecular complexity index is 705. The molecule has 6 nitrogen and oxygen atoms in total. The molecule has 0 saturated heterocycles. The second-order valence-corrected chi connectivity index (χ2v) is 5.18. The highest BCUT2D eigenvalue weighted by molar-refractivity contribution is 6.02. The van der Waals surface area contributed by atoms with Gasteiger partial charge in [-0.25, -0.2) is 4.68 Å². The molecule has 0 aliphatic carbocycles. The Balaban J connectivity index is 2.15. The van der Waals surface area contributed by atoms with Gasteiger partial charge in [0.05, 0.1) is 0 Å². The average Bonchev–Trinajstić information content (AvgIpc) is 2.50. The van der Waals surface area contributed by atoms with Gasteiger partial charge in [-0.05, 0) is 36.8 Å². The Labute approximate surface area is 129 Å². The molecule has 1 N–H and O–H groups in total. The molecule has 22 heavy (non-hydrogen) atoms. The largest absolute Gasteiger partial charge is 0.378 e. The Morgan fingerprint density at radius 3 is 2.45 bits per heavy atom. The maximum atomic E-state index is 12.2. The molecule has 116 valence electrons. The smallest absolute Gasteiger partial charge is 0.276 e. The lowest BCUT2D eigenvalue weighted by atomic mass is 10.2. The van der Waals surface area contributed by atoms with Gasteiger partial charge in [0.1, 0.15) is 5.69 Å². The molecule has 0 unspecified atom stereocenters. The Hall–Kier alpha value is -2.63. The van der Waals surface area contributed by atoms with Crippen LogP contribution in [0.1, 0.15) is 23.8 Å². The molecule has 0 saturated carbocycles. The zero-order valence-electron chi connectivity index (χ0n) is 13.0. The fourth-order valence-electron chi connectivity index (χ4n) is 1.98. The van der Waals surface area contributed by atoms with Crippen LogP contribution in [0.5, 0.6) is 0 Å². The van der Waals surface area contributed by atoms with E-state index >= 15 is 0 Å². The molecule has 6 heteroatoms. The number of nitrogens with zero attached hydrogens (tertiary/aromatic N) is 3. The van der Waals surface area contributed by atoms with Gasteiger partial charge < -0.3 is 10.2 Å². The fraction of sp³-hybridized carbons (Fsp3) is 0.312. The van der Waals surface area contributed by atoms with E-state index in [1.807, 2.05) is 50.2 Å². The molecule has 0 aliphatic heterocycles. The average molecular weight is 300 g/mol. The molecule has 0 aliphatic rings. The first kappa shape index (κ1) is 15.8. The number of hydrogen-bond donors (Lipinski definition) is 1. The molecular formula is C16H20N4O2. The maximum Gasteiger partial charge on any atom is 0.276 e. The molecule has 0 spiro atoms. The van der Waals surface area contributed by atoms with E-state index in [1.54, 1.807) is 0 Å². The van der Waals surface area contributed by atoms with Crippen LogP contribution in [0.2, 0.25) is 0 Å². The van der Waals surface area contributed by atoms with Gasteiger partial charge in [-0.3, -0.25) is 9.59 Å². The van der Waals surface area contributed by atoms with Gasteiger partial charge in [0.15, 0.2) is 0 Å². The first-order valence-electron chi connectivity index (χ1n) is 7.18. The highest BCUT2D eigenvalue weighted by Gasteiger charge is 2.10. The van der Waals surface area contributed by atoms with Crippen molar-refractivity contribution in [1.82, 2.24) is 9.78 Å². The van der Waals surface area contributed by atoms with E-state index in [4.69, 9.17) is 0 Å². The number of carbonyl (C=O) groups excluding carboxylic acids is 1. The SMILES string of the molecule is CCCn1nc(C(=O)Nc2ccc(N(C)C)cc2)ccc1=O. The maximum absolute atomic E-state index is 12.2. The van der Waals surface area contributed by atoms with Crippen molar-refractivity contribution < 1.29 is 4.79 Å². The standard InChI is InChI=1S/C16H20N4O2/c1-4-11-20-15(21)10-9-14(18-20)16(22)17-12-5-7-13(8-6-12)19(2)3/h5-10H,4,11H2,1-3H3,(H,17,22). The van der Waals surface area contributed by atoms with Crippen LogP contribution in [-0.2, 0) is 6.54 Å². The predicted molar refractivity (Wildman–Crippen MR) is 87.5 cm³/mol. The van der Waals surface area contributed by atoms with Crippen molar-refractivity contribution in [3.8, 4) is 0 Å². The van der Waals surface area contributed by atoms with Gasteiger partial charge in [0.25, 0.3) is 11.5 Å². The van der Waals surface area contributed by atoms with Crippen LogP contribution < -0.4 is 15.8 Å². The number of benzene rings is 1. The van der Waals surface area contributed by atoms with Crippen molar-refractivity contribution in [3.63, 3.8) is 0 Å². The summed E-state index contributed by atoms with van der Waals surface area (Å²) >= 11 is 0. The third-order valence-corrected chi connectivity index (χ3v) is 3.18. The lowest BCUT2D eigenvalue weighted by molar-refractivity contribution is 0.102. The number of rotatable bonds is 5. The summed E-state index contributed by atoms with van der Waals surface area (Å²) < 4.78 is 1.31. The van der Waals surface area contributed by atoms with Crippen LogP contribution in [-0.4, -0.2) is 29.8 Å². The van der Waals surface area contributed by atoms with Crippen molar-refractivity contribution in [1.29, 1.82) is 0 Å². The van der Waals surface area contributed by atoms with Gasteiger partial charge in [-0.2, -0.15) is 5.10 Å². The van der Waals surface area contributed by atoms with Crippen LogP contribution in [0.15, 0.2) is 41.2 Å². The van der Waals surface area contributed by atoms with Crippen molar-refractivity contribution in [3.05, 3.63) is 52.4 Å². The van der Waals surface area contributed by atoms with E-state index in [9.17, 15) is 9.59 Å². The quantitative estimate of drug-likeness (QED) is 0.916. The monoisotopic (exact) mass is 300 g/mol. The van der Waals surface area contributed by atoms with E-state index in [-0.39, 0.29) is 17.2 Å². The number of aromatic nitrogens is 2. The number of hydrogen-bond acceptors (Lipinski definition) is 4. The normalized spacial score (nSPS) is 10.3. The summed E-state index contributed by atoms with van der Waals surface area (Å²) in [5.74, 6) is -0.331. The summed E-state index contributed by atoms with van der Waals surface area (Å²) in [6.45, 7) is 2.45. The number of aryl methyl sites for hydroxylation is 1. The zero-order valence-corrected chi connectivity index (χ0v) is 13.0. The molecule has 1 amide bonds. The number of carbonyl (C=O) groups is 1. The first-order valence-corrected chi connectivity index (χ1v) is 7.18. The summed E-state index contributed by atoms with van der Waals surface area (Å²) in [6, 6.07) is 10.3. The molecule has 0 radical (unpaired) electrons. The van der Waals surface area contributed by atoms with Crippen molar-refractivity contribution >= 4 is 17.3 Å². The number of anilines is 2. The summed E-state index contributed by atoms with van der Waals surface area (Å²) in [7, 11) is 3.91. The van der Waals surface area contributed by atoms with Crippen LogP contribution in [0, 0.1) is 0 Å². The number of nitrogens with one attached hydrogen (secondary N) is 1. The minimum absolute atomic E-state index is 0.200. The fourth-order valence-corrected chi connectivity index (χ4v) is 1.98. The zero-order chi connectivity index (χ0) is 16.1. The van der Waals surface area contributed by atoms with E-state index in [0.717, 1.165) is 12.1 Å². The summed E-state index contributed by atoms with van der Waals surface area (Å²) in [6.07, 6.45) is 0.782. The molecule has 1 aromatic heterocycles. The Kier molecular flexibility index (Phi) is 4.93. The van der Waals surface area contributed by atoms with E-state index in [1.165, 1.54) is 16.8 Å². The third kappa shape index (κ3) is 3.72. The van der Waals surface area contributed by atoms with Gasteiger partial charge in [-0.15, -0.1) is 0 Å². The second kappa shape index (κ2) is 6.89. The highest BCUT2D eigenvalue weighted by atomic mass is 16.2. The lowest BCUT2D eigenvalue weighted by Crippen LogP contribution is -2.26. The minimum Gasteiger partial charge on any atom is -0.378 e. The van der Waals surface area contributed by atoms with Gasteiger partial charge in [0, 0.05) is 38.1 Å². The third-order valence-electron chi connectivity index (χ3n) is 3.18. The van der Waals surface area contributed by atoms with Crippen molar-refractivity contribution in [2.45, 2.75) is 19.9 Å². The second-order valence-electron chi connectivity index (χ2n) is 5.18. The summed E-state index contributed by atoms with van der Waals surface area (Å²) in [4.78, 5) is 25.8. The van der Waals surface area contributed by atoms with Crippen LogP contribution in [0.25, 0.3) is 0 Å². The van der Waals surface area contributed by atoms with Gasteiger partial charge in [0.2, 0.25) is 0 Å². The van der Waals surface area contributed by atoms with E-state index in [0.29, 0.717) is 12.2 Å². The van der Waals surface area contributed by atoms with Gasteiger partial charge in [-0.1, -0.05) is 6.92 Å². The minimum atomic E-state index is -0.331. The molecular weight excluding hydrogens is 280 g/mol. The highest BCUT2D eigenvalue weighted by Crippen LogP contribution is 2.16. The topological polar surface area (TPSA) is 67.2 Å². The van der Waals surface area contributed by atoms with Crippen molar-refractivity contribution in [2.24, 2.45) is 0 Å². The van der Waals surface area contributed by atoms with Gasteiger partial charge >= 0.3 is 0 Å². The Morgan fingerprint density at radius 1 is 1.18 bits per heavy atom. The number of amides is 1. The molecule has 2 aromatic rings. The van der Waals surface area contributed by atoms with Crippen LogP contribution in [0.3, 0.4) is 0 Å². The molecule has 0 bridgehead atoms. The summed E-state index contributed by atoms with van der Waals surface area (Å²) in [5.41, 5.74) is 1.76. The lowest BCUT2D eigenvalue weighted by Gasteiger charge is -2.13. The molecule has 0 fully saturated rings. The molecule has 2 rings (SSSR count). The Morgan fingerprint density at radius 2 is 1.86 bits per heavy atom. The van der Waals surface area contributed by atoms with E-state index < -0.39 is 0 Å². The summed E-state index contributed by atoms with van der Waals surface area (Å²) in [5, 5.41) is 6.87.